The molecule has 0 aliphatic carbocycles. The minimum absolute atomic E-state index is 0.633. The first-order valence-corrected chi connectivity index (χ1v) is 5.56. The largest absolute Gasteiger partial charge is 0.298 e. The summed E-state index contributed by atoms with van der Waals surface area (Å²) in [6, 6.07) is 7.99. The topological polar surface area (TPSA) is 34.9 Å². The summed E-state index contributed by atoms with van der Waals surface area (Å²) < 4.78 is 2.94. The third kappa shape index (κ3) is 1.94. The molecule has 0 N–H and O–H groups in total. The lowest BCUT2D eigenvalue weighted by atomic mass is 10.3. The van der Waals surface area contributed by atoms with Crippen molar-refractivity contribution >= 4 is 28.9 Å². The van der Waals surface area contributed by atoms with E-state index in [1.807, 2.05) is 31.2 Å². The van der Waals surface area contributed by atoms with Crippen LogP contribution in [0.15, 0.2) is 30.5 Å². The van der Waals surface area contributed by atoms with Crippen LogP contribution < -0.4 is 0 Å². The average Bonchev–Trinajstić information content (AvgIpc) is 2.61. The van der Waals surface area contributed by atoms with Crippen LogP contribution in [0.25, 0.3) is 5.69 Å². The standard InChI is InChI=1S/C11H9IN2O/c1-8-9(7-15)6-13-14(8)11-4-2-10(12)3-5-11/h2-7H,1H3. The number of carbonyl (C=O) groups is 1. The molecule has 4 heteroatoms. The number of hydrogen-bond donors (Lipinski definition) is 0. The maximum atomic E-state index is 10.7. The summed E-state index contributed by atoms with van der Waals surface area (Å²) in [6.45, 7) is 1.88. The summed E-state index contributed by atoms with van der Waals surface area (Å²) in [5.74, 6) is 0. The molecule has 2 rings (SSSR count). The molecule has 0 fully saturated rings. The van der Waals surface area contributed by atoms with Crippen LogP contribution in [0.1, 0.15) is 16.1 Å². The predicted octanol–water partition coefficient (Wildman–Crippen LogP) is 2.60. The zero-order valence-corrected chi connectivity index (χ0v) is 10.3. The first-order valence-electron chi connectivity index (χ1n) is 4.48. The Morgan fingerprint density at radius 3 is 2.53 bits per heavy atom. The fourth-order valence-electron chi connectivity index (χ4n) is 1.38. The highest BCUT2D eigenvalue weighted by atomic mass is 127. The second kappa shape index (κ2) is 4.14. The first kappa shape index (κ1) is 10.4. The number of halogens is 1. The molecular weight excluding hydrogens is 303 g/mol. The number of hydrogen-bond acceptors (Lipinski definition) is 2. The van der Waals surface area contributed by atoms with Gasteiger partial charge in [-0.15, -0.1) is 0 Å². The van der Waals surface area contributed by atoms with Gasteiger partial charge in [0.15, 0.2) is 6.29 Å². The van der Waals surface area contributed by atoms with Gasteiger partial charge in [-0.05, 0) is 53.8 Å². The molecule has 0 saturated carbocycles. The predicted molar refractivity (Wildman–Crippen MR) is 66.4 cm³/mol. The molecule has 15 heavy (non-hydrogen) atoms. The van der Waals surface area contributed by atoms with Gasteiger partial charge >= 0.3 is 0 Å². The first-order chi connectivity index (χ1) is 7.22. The summed E-state index contributed by atoms with van der Waals surface area (Å²) in [4.78, 5) is 10.7. The van der Waals surface area contributed by atoms with E-state index in [1.54, 1.807) is 10.9 Å². The molecule has 0 spiro atoms. The maximum absolute atomic E-state index is 10.7. The molecule has 0 amide bonds. The fraction of sp³-hybridized carbons (Fsp3) is 0.0909. The van der Waals surface area contributed by atoms with E-state index in [0.717, 1.165) is 17.7 Å². The zero-order chi connectivity index (χ0) is 10.8. The lowest BCUT2D eigenvalue weighted by Crippen LogP contribution is -1.99. The van der Waals surface area contributed by atoms with Crippen molar-refractivity contribution < 1.29 is 4.79 Å². The lowest BCUT2D eigenvalue weighted by Gasteiger charge is -2.03. The highest BCUT2D eigenvalue weighted by Crippen LogP contribution is 2.14. The van der Waals surface area contributed by atoms with E-state index < -0.39 is 0 Å². The van der Waals surface area contributed by atoms with Crippen molar-refractivity contribution in [2.45, 2.75) is 6.92 Å². The Balaban J connectivity index is 2.49. The minimum atomic E-state index is 0.633. The van der Waals surface area contributed by atoms with E-state index in [0.29, 0.717) is 5.56 Å². The number of aromatic nitrogens is 2. The smallest absolute Gasteiger partial charge is 0.153 e. The van der Waals surface area contributed by atoms with E-state index in [4.69, 9.17) is 0 Å². The van der Waals surface area contributed by atoms with Gasteiger partial charge in [-0.2, -0.15) is 5.10 Å². The van der Waals surface area contributed by atoms with Crippen LogP contribution in [0, 0.1) is 10.5 Å². The van der Waals surface area contributed by atoms with Crippen molar-refractivity contribution in [3.8, 4) is 5.69 Å². The Bertz CT molecular complexity index is 488. The molecule has 0 atom stereocenters. The number of nitrogens with zero attached hydrogens (tertiary/aromatic N) is 2. The number of aldehydes is 1. The van der Waals surface area contributed by atoms with Crippen LogP contribution in [0.2, 0.25) is 0 Å². The summed E-state index contributed by atoms with van der Waals surface area (Å²) in [6.07, 6.45) is 2.41. The van der Waals surface area contributed by atoms with Gasteiger partial charge < -0.3 is 0 Å². The number of carbonyl (C=O) groups excluding carboxylic acids is 1. The molecule has 1 aromatic carbocycles. The Morgan fingerprint density at radius 2 is 2.00 bits per heavy atom. The van der Waals surface area contributed by atoms with E-state index >= 15 is 0 Å². The quantitative estimate of drug-likeness (QED) is 0.631. The second-order valence-electron chi connectivity index (χ2n) is 3.19. The molecule has 76 valence electrons. The van der Waals surface area contributed by atoms with Gasteiger partial charge in [0, 0.05) is 3.57 Å². The molecule has 0 aliphatic heterocycles. The van der Waals surface area contributed by atoms with Crippen LogP contribution in [0.3, 0.4) is 0 Å². The molecule has 3 nitrogen and oxygen atoms in total. The van der Waals surface area contributed by atoms with Crippen molar-refractivity contribution in [1.29, 1.82) is 0 Å². The Labute approximate surface area is 101 Å². The van der Waals surface area contributed by atoms with Crippen LogP contribution >= 0.6 is 22.6 Å². The molecule has 0 unspecified atom stereocenters. The lowest BCUT2D eigenvalue weighted by molar-refractivity contribution is 0.112. The van der Waals surface area contributed by atoms with E-state index in [2.05, 4.69) is 27.7 Å². The van der Waals surface area contributed by atoms with Gasteiger partial charge in [-0.3, -0.25) is 4.79 Å². The third-order valence-electron chi connectivity index (χ3n) is 2.25. The van der Waals surface area contributed by atoms with Crippen molar-refractivity contribution in [2.75, 3.05) is 0 Å². The number of rotatable bonds is 2. The summed E-state index contributed by atoms with van der Waals surface area (Å²) in [5, 5.41) is 4.17. The third-order valence-corrected chi connectivity index (χ3v) is 2.97. The van der Waals surface area contributed by atoms with Gasteiger partial charge in [0.1, 0.15) is 0 Å². The summed E-state index contributed by atoms with van der Waals surface area (Å²) in [7, 11) is 0. The highest BCUT2D eigenvalue weighted by Gasteiger charge is 2.06. The fourth-order valence-corrected chi connectivity index (χ4v) is 1.74. The SMILES string of the molecule is Cc1c(C=O)cnn1-c1ccc(I)cc1. The van der Waals surface area contributed by atoms with Gasteiger partial charge in [-0.1, -0.05) is 0 Å². The Kier molecular flexibility index (Phi) is 2.86. The van der Waals surface area contributed by atoms with E-state index in [1.165, 1.54) is 3.57 Å². The highest BCUT2D eigenvalue weighted by molar-refractivity contribution is 14.1. The Morgan fingerprint density at radius 1 is 1.33 bits per heavy atom. The molecular formula is C11H9IN2O. The van der Waals surface area contributed by atoms with Gasteiger partial charge in [-0.25, -0.2) is 4.68 Å². The van der Waals surface area contributed by atoms with Crippen LogP contribution in [0.5, 0.6) is 0 Å². The van der Waals surface area contributed by atoms with Crippen molar-refractivity contribution in [3.05, 3.63) is 45.3 Å². The van der Waals surface area contributed by atoms with Crippen LogP contribution in [0.4, 0.5) is 0 Å². The maximum Gasteiger partial charge on any atom is 0.153 e. The summed E-state index contributed by atoms with van der Waals surface area (Å²) in [5.41, 5.74) is 2.47. The normalized spacial score (nSPS) is 10.3. The molecule has 1 heterocycles. The average molecular weight is 312 g/mol. The molecule has 0 radical (unpaired) electrons. The molecule has 2 aromatic rings. The van der Waals surface area contributed by atoms with Gasteiger partial charge in [0.05, 0.1) is 23.1 Å². The van der Waals surface area contributed by atoms with Crippen molar-refractivity contribution in [2.24, 2.45) is 0 Å². The summed E-state index contributed by atoms with van der Waals surface area (Å²) >= 11 is 2.25. The number of benzene rings is 1. The van der Waals surface area contributed by atoms with E-state index in [9.17, 15) is 4.79 Å². The van der Waals surface area contributed by atoms with E-state index in [-0.39, 0.29) is 0 Å². The minimum Gasteiger partial charge on any atom is -0.298 e. The van der Waals surface area contributed by atoms with Crippen molar-refractivity contribution in [3.63, 3.8) is 0 Å². The van der Waals surface area contributed by atoms with Gasteiger partial charge in [0.2, 0.25) is 0 Å². The molecule has 0 saturated heterocycles. The van der Waals surface area contributed by atoms with Crippen LogP contribution in [-0.4, -0.2) is 16.1 Å². The molecule has 1 aromatic heterocycles. The van der Waals surface area contributed by atoms with Crippen LogP contribution in [-0.2, 0) is 0 Å². The molecule has 0 bridgehead atoms. The monoisotopic (exact) mass is 312 g/mol. The van der Waals surface area contributed by atoms with Gasteiger partial charge in [0.25, 0.3) is 0 Å². The second-order valence-corrected chi connectivity index (χ2v) is 4.44. The Hall–Kier alpha value is -1.17. The zero-order valence-electron chi connectivity index (χ0n) is 8.14. The molecule has 0 aliphatic rings. The van der Waals surface area contributed by atoms with Crippen molar-refractivity contribution in [1.82, 2.24) is 9.78 Å².